The Bertz CT molecular complexity index is 864. The summed E-state index contributed by atoms with van der Waals surface area (Å²) in [5, 5.41) is 2.17. The Labute approximate surface area is 162 Å². The highest BCUT2D eigenvalue weighted by Crippen LogP contribution is 2.43. The topological polar surface area (TPSA) is 41.6 Å². The first-order valence-corrected chi connectivity index (χ1v) is 9.43. The van der Waals surface area contributed by atoms with Gasteiger partial charge in [-0.15, -0.1) is 0 Å². The zero-order valence-electron chi connectivity index (χ0n) is 16.3. The van der Waals surface area contributed by atoms with Crippen molar-refractivity contribution in [3.8, 4) is 5.75 Å². The summed E-state index contributed by atoms with van der Waals surface area (Å²) >= 11 is 0. The number of rotatable bonds is 6. The number of hydrogen-bond donors (Lipinski definition) is 1. The average Bonchev–Trinajstić information content (AvgIpc) is 2.87. The Balaban J connectivity index is 2.04. The summed E-state index contributed by atoms with van der Waals surface area (Å²) in [6, 6.07) is 8.10. The van der Waals surface area contributed by atoms with Crippen molar-refractivity contribution in [2.24, 2.45) is 5.41 Å². The van der Waals surface area contributed by atoms with E-state index in [0.717, 1.165) is 17.9 Å². The molecule has 2 aromatic rings. The molecule has 1 N–H and O–H groups in total. The standard InChI is InChI=1S/C21H25F3N2O2/c1-4-5-11-28-15-10-9-14-7-6-8-16(17(14)12-15)18(21(22,23)24)26-13-20(2,3)19(27)25-26/h6-10,12,18H,4-5,11,13H2,1-3H3,(H,25,27)/t18-/m0/s1. The number of nitrogens with one attached hydrogen (secondary N) is 1. The Morgan fingerprint density at radius 2 is 2.00 bits per heavy atom. The molecule has 3 rings (SSSR count). The van der Waals surface area contributed by atoms with Crippen molar-refractivity contribution >= 4 is 16.7 Å². The van der Waals surface area contributed by atoms with Crippen molar-refractivity contribution in [2.75, 3.05) is 13.2 Å². The normalized spacial score (nSPS) is 18.3. The number of hydrazine groups is 1. The van der Waals surface area contributed by atoms with E-state index in [-0.39, 0.29) is 12.1 Å². The zero-order chi connectivity index (χ0) is 20.5. The first kappa shape index (κ1) is 20.5. The lowest BCUT2D eigenvalue weighted by Crippen LogP contribution is -2.43. The number of carbonyl (C=O) groups excluding carboxylic acids is 1. The largest absolute Gasteiger partial charge is 0.494 e. The molecule has 0 spiro atoms. The van der Waals surface area contributed by atoms with Crippen LogP contribution >= 0.6 is 0 Å². The average molecular weight is 394 g/mol. The smallest absolute Gasteiger partial charge is 0.409 e. The van der Waals surface area contributed by atoms with Gasteiger partial charge in [0.05, 0.1) is 12.0 Å². The molecule has 28 heavy (non-hydrogen) atoms. The van der Waals surface area contributed by atoms with Gasteiger partial charge in [-0.05, 0) is 48.7 Å². The Kier molecular flexibility index (Phi) is 5.57. The number of halogens is 3. The van der Waals surface area contributed by atoms with Gasteiger partial charge in [0.15, 0.2) is 6.04 Å². The molecule has 1 saturated heterocycles. The van der Waals surface area contributed by atoms with Crippen LogP contribution in [-0.4, -0.2) is 30.2 Å². The lowest BCUT2D eigenvalue weighted by molar-refractivity contribution is -0.191. The van der Waals surface area contributed by atoms with Crippen molar-refractivity contribution in [1.82, 2.24) is 10.4 Å². The Morgan fingerprint density at radius 1 is 1.25 bits per heavy atom. The quantitative estimate of drug-likeness (QED) is 0.702. The van der Waals surface area contributed by atoms with E-state index in [1.165, 1.54) is 6.07 Å². The van der Waals surface area contributed by atoms with Gasteiger partial charge in [0.25, 0.3) is 0 Å². The lowest BCUT2D eigenvalue weighted by Gasteiger charge is -2.30. The minimum Gasteiger partial charge on any atom is -0.494 e. The molecule has 152 valence electrons. The summed E-state index contributed by atoms with van der Waals surface area (Å²) in [4.78, 5) is 12.1. The van der Waals surface area contributed by atoms with E-state index in [4.69, 9.17) is 4.74 Å². The van der Waals surface area contributed by atoms with Crippen LogP contribution < -0.4 is 10.2 Å². The maximum atomic E-state index is 14.1. The fourth-order valence-electron chi connectivity index (χ4n) is 3.43. The van der Waals surface area contributed by atoms with Gasteiger partial charge in [-0.25, -0.2) is 5.01 Å². The maximum Gasteiger partial charge on any atom is 0.409 e. The van der Waals surface area contributed by atoms with Gasteiger partial charge in [-0.3, -0.25) is 10.2 Å². The number of nitrogens with zero attached hydrogens (tertiary/aromatic N) is 1. The molecule has 0 aliphatic carbocycles. The van der Waals surface area contributed by atoms with E-state index < -0.39 is 23.5 Å². The third kappa shape index (κ3) is 4.09. The first-order valence-electron chi connectivity index (χ1n) is 9.43. The van der Waals surface area contributed by atoms with Gasteiger partial charge in [0.2, 0.25) is 5.91 Å². The third-order valence-electron chi connectivity index (χ3n) is 5.00. The summed E-state index contributed by atoms with van der Waals surface area (Å²) < 4.78 is 48.0. The molecule has 1 aliphatic heterocycles. The number of hydrogen-bond acceptors (Lipinski definition) is 3. The molecule has 0 aromatic heterocycles. The van der Waals surface area contributed by atoms with E-state index in [9.17, 15) is 18.0 Å². The van der Waals surface area contributed by atoms with Gasteiger partial charge in [0, 0.05) is 6.54 Å². The molecular weight excluding hydrogens is 369 g/mol. The van der Waals surface area contributed by atoms with E-state index in [1.54, 1.807) is 44.2 Å². The number of benzene rings is 2. The predicted octanol–water partition coefficient (Wildman–Crippen LogP) is 5.00. The summed E-state index contributed by atoms with van der Waals surface area (Å²) in [5.41, 5.74) is 1.63. The van der Waals surface area contributed by atoms with Gasteiger partial charge in [-0.2, -0.15) is 13.2 Å². The van der Waals surface area contributed by atoms with Gasteiger partial charge in [0.1, 0.15) is 5.75 Å². The molecule has 1 aliphatic rings. The highest BCUT2D eigenvalue weighted by molar-refractivity contribution is 5.88. The van der Waals surface area contributed by atoms with Crippen LogP contribution in [0.1, 0.15) is 45.2 Å². The number of unbranched alkanes of at least 4 members (excludes halogenated alkanes) is 1. The second kappa shape index (κ2) is 7.62. The molecule has 0 saturated carbocycles. The Morgan fingerprint density at radius 3 is 2.61 bits per heavy atom. The van der Waals surface area contributed by atoms with Crippen LogP contribution in [0.25, 0.3) is 10.8 Å². The molecule has 1 amide bonds. The van der Waals surface area contributed by atoms with Gasteiger partial charge >= 0.3 is 6.18 Å². The van der Waals surface area contributed by atoms with E-state index >= 15 is 0 Å². The molecular formula is C21H25F3N2O2. The lowest BCUT2D eigenvalue weighted by atomic mass is 9.93. The number of amides is 1. The van der Waals surface area contributed by atoms with Crippen LogP contribution in [0.2, 0.25) is 0 Å². The predicted molar refractivity (Wildman–Crippen MR) is 102 cm³/mol. The van der Waals surface area contributed by atoms with Crippen LogP contribution in [0, 0.1) is 5.41 Å². The van der Waals surface area contributed by atoms with Crippen molar-refractivity contribution in [2.45, 2.75) is 45.8 Å². The molecule has 1 atom stereocenters. The van der Waals surface area contributed by atoms with Crippen LogP contribution in [0.5, 0.6) is 5.75 Å². The monoisotopic (exact) mass is 394 g/mol. The van der Waals surface area contributed by atoms with Crippen molar-refractivity contribution in [1.29, 1.82) is 0 Å². The summed E-state index contributed by atoms with van der Waals surface area (Å²) in [5.74, 6) is 0.130. The first-order chi connectivity index (χ1) is 13.1. The SMILES string of the molecule is CCCCOc1ccc2cccc([C@H](N3CC(C)(C)C(=O)N3)C(F)(F)F)c2c1. The summed E-state index contributed by atoms with van der Waals surface area (Å²) in [7, 11) is 0. The van der Waals surface area contributed by atoms with Gasteiger partial charge < -0.3 is 4.74 Å². The number of carbonyl (C=O) groups is 1. The van der Waals surface area contributed by atoms with Crippen LogP contribution in [0.15, 0.2) is 36.4 Å². The summed E-state index contributed by atoms with van der Waals surface area (Å²) in [6.07, 6.45) is -2.71. The molecule has 0 bridgehead atoms. The minimum absolute atomic E-state index is 0.0287. The summed E-state index contributed by atoms with van der Waals surface area (Å²) in [6.45, 7) is 5.81. The van der Waals surface area contributed by atoms with Crippen LogP contribution in [0.3, 0.4) is 0 Å². The van der Waals surface area contributed by atoms with E-state index in [2.05, 4.69) is 5.43 Å². The van der Waals surface area contributed by atoms with Crippen molar-refractivity contribution in [3.05, 3.63) is 42.0 Å². The molecule has 0 unspecified atom stereocenters. The second-order valence-corrected chi connectivity index (χ2v) is 7.83. The molecule has 1 heterocycles. The minimum atomic E-state index is -4.55. The van der Waals surface area contributed by atoms with Gasteiger partial charge in [-0.1, -0.05) is 37.6 Å². The molecule has 4 nitrogen and oxygen atoms in total. The molecule has 2 aromatic carbocycles. The zero-order valence-corrected chi connectivity index (χ0v) is 16.3. The second-order valence-electron chi connectivity index (χ2n) is 7.83. The fraction of sp³-hybridized carbons (Fsp3) is 0.476. The van der Waals surface area contributed by atoms with Crippen molar-refractivity contribution < 1.29 is 22.7 Å². The van der Waals surface area contributed by atoms with E-state index in [0.29, 0.717) is 23.1 Å². The van der Waals surface area contributed by atoms with E-state index in [1.807, 2.05) is 6.92 Å². The third-order valence-corrected chi connectivity index (χ3v) is 5.00. The number of alkyl halides is 3. The number of ether oxygens (including phenoxy) is 1. The van der Waals surface area contributed by atoms with Crippen LogP contribution in [0.4, 0.5) is 13.2 Å². The van der Waals surface area contributed by atoms with Crippen LogP contribution in [-0.2, 0) is 4.79 Å². The molecule has 1 fully saturated rings. The molecule has 0 radical (unpaired) electrons. The fourth-order valence-corrected chi connectivity index (χ4v) is 3.43. The Hall–Kier alpha value is -2.28. The maximum absolute atomic E-state index is 14.1. The number of fused-ring (bicyclic) bond motifs is 1. The molecule has 7 heteroatoms. The highest BCUT2D eigenvalue weighted by Gasteiger charge is 2.51. The van der Waals surface area contributed by atoms with Crippen molar-refractivity contribution in [3.63, 3.8) is 0 Å². The highest BCUT2D eigenvalue weighted by atomic mass is 19.4.